The van der Waals surface area contributed by atoms with Crippen molar-refractivity contribution in [1.29, 1.82) is 0 Å². The van der Waals surface area contributed by atoms with Gasteiger partial charge in [0.05, 0.1) is 6.04 Å². The van der Waals surface area contributed by atoms with Crippen molar-refractivity contribution in [2.45, 2.75) is 46.1 Å². The molecule has 1 aromatic carbocycles. The molecule has 1 heterocycles. The van der Waals surface area contributed by atoms with Crippen LogP contribution in [0.5, 0.6) is 0 Å². The number of carbonyl (C=O) groups excluding carboxylic acids is 3. The van der Waals surface area contributed by atoms with Crippen LogP contribution in [0.25, 0.3) is 0 Å². The number of hydrogen-bond donors (Lipinski definition) is 2. The van der Waals surface area contributed by atoms with Crippen molar-refractivity contribution in [2.24, 2.45) is 5.92 Å². The lowest BCUT2D eigenvalue weighted by molar-refractivity contribution is -0.125. The third-order valence-corrected chi connectivity index (χ3v) is 4.42. The van der Waals surface area contributed by atoms with Crippen LogP contribution in [-0.4, -0.2) is 35.8 Å². The molecule has 1 aliphatic rings. The lowest BCUT2D eigenvalue weighted by atomic mass is 9.93. The van der Waals surface area contributed by atoms with Gasteiger partial charge in [-0.05, 0) is 23.0 Å². The van der Waals surface area contributed by atoms with Crippen LogP contribution in [0.4, 0.5) is 4.79 Å². The molecule has 1 aromatic rings. The normalized spacial score (nSPS) is 16.2. The molecule has 0 aromatic heterocycles. The van der Waals surface area contributed by atoms with Gasteiger partial charge in [0.25, 0.3) is 0 Å². The molecule has 6 heteroatoms. The summed E-state index contributed by atoms with van der Waals surface area (Å²) in [5.41, 5.74) is 2.30. The highest BCUT2D eigenvalue weighted by atomic mass is 16.2. The standard InChI is InChI=1S/C19H27N3O3/c1-12(2)14-5-7-15(8-6-14)18(13(3)4)20-17(24)11-22-10-9-16(23)21-19(22)25/h5-8,12-13,18H,9-11H2,1-4H3,(H,20,24)(H,21,23,25)/t18-/m0/s1. The Kier molecular flexibility index (Phi) is 6.17. The summed E-state index contributed by atoms with van der Waals surface area (Å²) in [4.78, 5) is 36.7. The maximum absolute atomic E-state index is 12.4. The predicted octanol–water partition coefficient (Wildman–Crippen LogP) is 2.57. The molecule has 2 rings (SSSR count). The van der Waals surface area contributed by atoms with E-state index < -0.39 is 6.03 Å². The quantitative estimate of drug-likeness (QED) is 0.832. The monoisotopic (exact) mass is 345 g/mol. The van der Waals surface area contributed by atoms with E-state index in [1.807, 2.05) is 26.0 Å². The summed E-state index contributed by atoms with van der Waals surface area (Å²) >= 11 is 0. The number of imide groups is 1. The molecule has 0 bridgehead atoms. The second kappa shape index (κ2) is 8.14. The Morgan fingerprint density at radius 3 is 2.24 bits per heavy atom. The first kappa shape index (κ1) is 19.0. The van der Waals surface area contributed by atoms with Gasteiger partial charge in [0.15, 0.2) is 0 Å². The van der Waals surface area contributed by atoms with E-state index >= 15 is 0 Å². The molecule has 0 saturated carbocycles. The van der Waals surface area contributed by atoms with Crippen LogP contribution in [0.15, 0.2) is 24.3 Å². The molecule has 0 unspecified atom stereocenters. The van der Waals surface area contributed by atoms with E-state index in [0.29, 0.717) is 5.92 Å². The summed E-state index contributed by atoms with van der Waals surface area (Å²) in [5, 5.41) is 5.24. The van der Waals surface area contributed by atoms with Crippen LogP contribution in [0.1, 0.15) is 57.2 Å². The fourth-order valence-electron chi connectivity index (χ4n) is 2.87. The van der Waals surface area contributed by atoms with Gasteiger partial charge in [-0.15, -0.1) is 0 Å². The van der Waals surface area contributed by atoms with Crippen molar-refractivity contribution in [2.75, 3.05) is 13.1 Å². The van der Waals surface area contributed by atoms with E-state index in [0.717, 1.165) is 5.56 Å². The lowest BCUT2D eigenvalue weighted by Gasteiger charge is -2.28. The minimum atomic E-state index is -0.506. The number of carbonyl (C=O) groups is 3. The minimum Gasteiger partial charge on any atom is -0.347 e. The molecular formula is C19H27N3O3. The zero-order valence-corrected chi connectivity index (χ0v) is 15.3. The largest absolute Gasteiger partial charge is 0.347 e. The Labute approximate surface area is 149 Å². The van der Waals surface area contributed by atoms with Crippen LogP contribution in [0, 0.1) is 5.92 Å². The Bertz CT molecular complexity index is 638. The van der Waals surface area contributed by atoms with Gasteiger partial charge >= 0.3 is 6.03 Å². The molecule has 1 aliphatic heterocycles. The highest BCUT2D eigenvalue weighted by Crippen LogP contribution is 2.24. The van der Waals surface area contributed by atoms with Crippen LogP contribution in [0.3, 0.4) is 0 Å². The SMILES string of the molecule is CC(C)c1ccc([C@@H](NC(=O)CN2CCC(=O)NC2=O)C(C)C)cc1. The third kappa shape index (κ3) is 5.05. The van der Waals surface area contributed by atoms with E-state index in [1.165, 1.54) is 10.5 Å². The Morgan fingerprint density at radius 1 is 1.12 bits per heavy atom. The van der Waals surface area contributed by atoms with Gasteiger partial charge in [-0.25, -0.2) is 4.79 Å². The Balaban J connectivity index is 2.02. The van der Waals surface area contributed by atoms with Gasteiger partial charge in [0.2, 0.25) is 11.8 Å². The zero-order valence-electron chi connectivity index (χ0n) is 15.3. The average Bonchev–Trinajstić information content (AvgIpc) is 2.55. The van der Waals surface area contributed by atoms with Crippen molar-refractivity contribution < 1.29 is 14.4 Å². The number of amides is 4. The number of benzene rings is 1. The predicted molar refractivity (Wildman–Crippen MR) is 96.0 cm³/mol. The topological polar surface area (TPSA) is 78.5 Å². The van der Waals surface area contributed by atoms with E-state index in [9.17, 15) is 14.4 Å². The Morgan fingerprint density at radius 2 is 1.72 bits per heavy atom. The zero-order chi connectivity index (χ0) is 18.6. The van der Waals surface area contributed by atoms with Gasteiger partial charge in [0, 0.05) is 13.0 Å². The second-order valence-corrected chi connectivity index (χ2v) is 7.14. The van der Waals surface area contributed by atoms with Gasteiger partial charge in [-0.1, -0.05) is 52.0 Å². The lowest BCUT2D eigenvalue weighted by Crippen LogP contribution is -2.52. The Hall–Kier alpha value is -2.37. The van der Waals surface area contributed by atoms with Crippen LogP contribution < -0.4 is 10.6 Å². The van der Waals surface area contributed by atoms with Crippen molar-refractivity contribution in [3.63, 3.8) is 0 Å². The molecular weight excluding hydrogens is 318 g/mol. The molecule has 1 fully saturated rings. The smallest absolute Gasteiger partial charge is 0.324 e. The number of nitrogens with zero attached hydrogens (tertiary/aromatic N) is 1. The van der Waals surface area contributed by atoms with Crippen molar-refractivity contribution in [3.8, 4) is 0 Å². The summed E-state index contributed by atoms with van der Waals surface area (Å²) in [6.07, 6.45) is 0.225. The van der Waals surface area contributed by atoms with Gasteiger partial charge in [-0.2, -0.15) is 0 Å². The molecule has 6 nitrogen and oxygen atoms in total. The van der Waals surface area contributed by atoms with Crippen LogP contribution in [0.2, 0.25) is 0 Å². The molecule has 1 saturated heterocycles. The molecule has 136 valence electrons. The number of hydrogen-bond acceptors (Lipinski definition) is 3. The average molecular weight is 345 g/mol. The van der Waals surface area contributed by atoms with E-state index in [1.54, 1.807) is 0 Å². The maximum Gasteiger partial charge on any atom is 0.324 e. The van der Waals surface area contributed by atoms with Crippen LogP contribution in [-0.2, 0) is 9.59 Å². The molecule has 4 amide bonds. The van der Waals surface area contributed by atoms with Crippen molar-refractivity contribution in [3.05, 3.63) is 35.4 Å². The molecule has 0 radical (unpaired) electrons. The fraction of sp³-hybridized carbons (Fsp3) is 0.526. The van der Waals surface area contributed by atoms with Crippen molar-refractivity contribution in [1.82, 2.24) is 15.5 Å². The summed E-state index contributed by atoms with van der Waals surface area (Å²) in [6, 6.07) is 7.65. The van der Waals surface area contributed by atoms with E-state index in [4.69, 9.17) is 0 Å². The van der Waals surface area contributed by atoms with Crippen LogP contribution >= 0.6 is 0 Å². The third-order valence-electron chi connectivity index (χ3n) is 4.42. The minimum absolute atomic E-state index is 0.0492. The van der Waals surface area contributed by atoms with Gasteiger partial charge in [-0.3, -0.25) is 14.9 Å². The van der Waals surface area contributed by atoms with Crippen molar-refractivity contribution >= 4 is 17.8 Å². The fourth-order valence-corrected chi connectivity index (χ4v) is 2.87. The van der Waals surface area contributed by atoms with E-state index in [2.05, 4.69) is 36.6 Å². The first-order valence-electron chi connectivity index (χ1n) is 8.76. The molecule has 0 spiro atoms. The van der Waals surface area contributed by atoms with E-state index in [-0.39, 0.29) is 43.3 Å². The molecule has 2 N–H and O–H groups in total. The van der Waals surface area contributed by atoms with Gasteiger partial charge < -0.3 is 10.2 Å². The summed E-state index contributed by atoms with van der Waals surface area (Å²) in [6.45, 7) is 8.61. The summed E-state index contributed by atoms with van der Waals surface area (Å²) in [5.74, 6) is 0.148. The number of rotatable bonds is 6. The van der Waals surface area contributed by atoms with Gasteiger partial charge in [0.1, 0.15) is 6.54 Å². The molecule has 25 heavy (non-hydrogen) atoms. The highest BCUT2D eigenvalue weighted by molar-refractivity contribution is 5.98. The maximum atomic E-state index is 12.4. The highest BCUT2D eigenvalue weighted by Gasteiger charge is 2.26. The first-order chi connectivity index (χ1) is 11.8. The second-order valence-electron chi connectivity index (χ2n) is 7.14. The summed E-state index contributed by atoms with van der Waals surface area (Å²) < 4.78 is 0. The molecule has 0 aliphatic carbocycles. The summed E-state index contributed by atoms with van der Waals surface area (Å²) in [7, 11) is 0. The number of urea groups is 1. The molecule has 1 atom stereocenters. The number of nitrogens with one attached hydrogen (secondary N) is 2. The first-order valence-corrected chi connectivity index (χ1v) is 8.76.